The molecular weight excluding hydrogens is 248 g/mol. The standard InChI is InChI=1S/C17H20N2O/c1-20-14-9-10-15(18)17(12-14)19-11-5-8-16(19)13-6-3-2-4-7-13/h2-4,6-7,9-10,12,16H,5,8,11,18H2,1H3. The van der Waals surface area contributed by atoms with Crippen molar-refractivity contribution in [2.75, 3.05) is 24.3 Å². The average molecular weight is 268 g/mol. The van der Waals surface area contributed by atoms with Gasteiger partial charge in [0.2, 0.25) is 0 Å². The molecule has 2 aromatic carbocycles. The Morgan fingerprint density at radius 3 is 2.70 bits per heavy atom. The Hall–Kier alpha value is -2.16. The van der Waals surface area contributed by atoms with Gasteiger partial charge in [0.25, 0.3) is 0 Å². The number of methoxy groups -OCH3 is 1. The van der Waals surface area contributed by atoms with Crippen LogP contribution in [0.4, 0.5) is 11.4 Å². The van der Waals surface area contributed by atoms with E-state index in [9.17, 15) is 0 Å². The first kappa shape index (κ1) is 12.9. The molecule has 0 aromatic heterocycles. The van der Waals surface area contributed by atoms with E-state index < -0.39 is 0 Å². The van der Waals surface area contributed by atoms with Crippen molar-refractivity contribution in [1.29, 1.82) is 0 Å². The fourth-order valence-electron chi connectivity index (χ4n) is 2.98. The van der Waals surface area contributed by atoms with Gasteiger partial charge in [-0.25, -0.2) is 0 Å². The highest BCUT2D eigenvalue weighted by Gasteiger charge is 2.27. The van der Waals surface area contributed by atoms with Crippen molar-refractivity contribution in [1.82, 2.24) is 0 Å². The third-order valence-electron chi connectivity index (χ3n) is 3.98. The molecule has 0 radical (unpaired) electrons. The van der Waals surface area contributed by atoms with Crippen molar-refractivity contribution in [3.63, 3.8) is 0 Å². The van der Waals surface area contributed by atoms with E-state index in [4.69, 9.17) is 10.5 Å². The summed E-state index contributed by atoms with van der Waals surface area (Å²) in [6, 6.07) is 16.9. The summed E-state index contributed by atoms with van der Waals surface area (Å²) in [5.74, 6) is 0.855. The molecule has 2 aromatic rings. The van der Waals surface area contributed by atoms with E-state index in [1.807, 2.05) is 18.2 Å². The van der Waals surface area contributed by atoms with E-state index in [1.165, 1.54) is 18.4 Å². The highest BCUT2D eigenvalue weighted by atomic mass is 16.5. The van der Waals surface area contributed by atoms with Gasteiger partial charge in [-0.3, -0.25) is 0 Å². The summed E-state index contributed by atoms with van der Waals surface area (Å²) in [7, 11) is 1.69. The lowest BCUT2D eigenvalue weighted by Gasteiger charge is -2.28. The van der Waals surface area contributed by atoms with Gasteiger partial charge >= 0.3 is 0 Å². The van der Waals surface area contributed by atoms with Crippen molar-refractivity contribution in [3.8, 4) is 5.75 Å². The minimum atomic E-state index is 0.408. The number of benzene rings is 2. The van der Waals surface area contributed by atoms with Gasteiger partial charge in [-0.05, 0) is 30.5 Å². The Morgan fingerprint density at radius 2 is 1.95 bits per heavy atom. The second-order valence-electron chi connectivity index (χ2n) is 5.19. The molecule has 1 heterocycles. The molecule has 3 nitrogen and oxygen atoms in total. The van der Waals surface area contributed by atoms with Crippen LogP contribution in [0.5, 0.6) is 5.75 Å². The van der Waals surface area contributed by atoms with E-state index in [0.29, 0.717) is 6.04 Å². The van der Waals surface area contributed by atoms with Crippen molar-refractivity contribution >= 4 is 11.4 Å². The van der Waals surface area contributed by atoms with Gasteiger partial charge in [0.1, 0.15) is 5.75 Å². The Balaban J connectivity index is 1.96. The molecular formula is C17H20N2O. The van der Waals surface area contributed by atoms with Crippen LogP contribution in [-0.2, 0) is 0 Å². The summed E-state index contributed by atoms with van der Waals surface area (Å²) in [6.45, 7) is 1.04. The van der Waals surface area contributed by atoms with Gasteiger partial charge in [0.05, 0.1) is 24.5 Å². The maximum atomic E-state index is 6.17. The average Bonchev–Trinajstić information content (AvgIpc) is 2.98. The number of hydrogen-bond acceptors (Lipinski definition) is 3. The van der Waals surface area contributed by atoms with Gasteiger partial charge in [-0.1, -0.05) is 30.3 Å². The largest absolute Gasteiger partial charge is 0.497 e. The van der Waals surface area contributed by atoms with Gasteiger partial charge in [0, 0.05) is 12.6 Å². The Bertz CT molecular complexity index is 583. The maximum Gasteiger partial charge on any atom is 0.121 e. The number of ether oxygens (including phenoxy) is 1. The van der Waals surface area contributed by atoms with Gasteiger partial charge in [0.15, 0.2) is 0 Å². The zero-order chi connectivity index (χ0) is 13.9. The molecule has 3 rings (SSSR count). The van der Waals surface area contributed by atoms with Crippen LogP contribution in [0.2, 0.25) is 0 Å². The van der Waals surface area contributed by atoms with E-state index >= 15 is 0 Å². The van der Waals surface area contributed by atoms with Crippen LogP contribution >= 0.6 is 0 Å². The lowest BCUT2D eigenvalue weighted by atomic mass is 10.0. The molecule has 1 aliphatic rings. The molecule has 1 atom stereocenters. The molecule has 1 saturated heterocycles. The second-order valence-corrected chi connectivity index (χ2v) is 5.19. The SMILES string of the molecule is COc1ccc(N)c(N2CCCC2c2ccccc2)c1. The lowest BCUT2D eigenvalue weighted by Crippen LogP contribution is -2.23. The summed E-state index contributed by atoms with van der Waals surface area (Å²) in [5, 5.41) is 0. The third-order valence-corrected chi connectivity index (χ3v) is 3.98. The second kappa shape index (κ2) is 5.45. The predicted molar refractivity (Wildman–Crippen MR) is 83.2 cm³/mol. The van der Waals surface area contributed by atoms with Crippen LogP contribution in [-0.4, -0.2) is 13.7 Å². The van der Waals surface area contributed by atoms with Crippen molar-refractivity contribution in [2.24, 2.45) is 0 Å². The fourth-order valence-corrected chi connectivity index (χ4v) is 2.98. The molecule has 0 bridgehead atoms. The van der Waals surface area contributed by atoms with E-state index in [0.717, 1.165) is 23.7 Å². The molecule has 104 valence electrons. The molecule has 3 heteroatoms. The predicted octanol–water partition coefficient (Wildman–Crippen LogP) is 3.62. The monoisotopic (exact) mass is 268 g/mol. The number of nitrogen functional groups attached to an aromatic ring is 1. The van der Waals surface area contributed by atoms with Gasteiger partial charge < -0.3 is 15.4 Å². The first-order valence-corrected chi connectivity index (χ1v) is 7.04. The fraction of sp³-hybridized carbons (Fsp3) is 0.294. The number of nitrogens with zero attached hydrogens (tertiary/aromatic N) is 1. The summed E-state index contributed by atoms with van der Waals surface area (Å²) in [6.07, 6.45) is 2.36. The van der Waals surface area contributed by atoms with Crippen molar-refractivity contribution in [2.45, 2.75) is 18.9 Å². The summed E-state index contributed by atoms with van der Waals surface area (Å²) >= 11 is 0. The summed E-state index contributed by atoms with van der Waals surface area (Å²) in [5.41, 5.74) is 9.41. The molecule has 1 fully saturated rings. The minimum Gasteiger partial charge on any atom is -0.497 e. The van der Waals surface area contributed by atoms with Crippen LogP contribution < -0.4 is 15.4 Å². The normalized spacial score (nSPS) is 18.2. The zero-order valence-corrected chi connectivity index (χ0v) is 11.8. The maximum absolute atomic E-state index is 6.17. The number of hydrogen-bond donors (Lipinski definition) is 1. The Kier molecular flexibility index (Phi) is 3.50. The first-order chi connectivity index (χ1) is 9.79. The highest BCUT2D eigenvalue weighted by molar-refractivity contribution is 5.70. The van der Waals surface area contributed by atoms with E-state index in [1.54, 1.807) is 7.11 Å². The molecule has 0 spiro atoms. The van der Waals surface area contributed by atoms with E-state index in [-0.39, 0.29) is 0 Å². The number of nitrogens with two attached hydrogens (primary N) is 1. The minimum absolute atomic E-state index is 0.408. The molecule has 1 aliphatic heterocycles. The van der Waals surface area contributed by atoms with Crippen LogP contribution in [0, 0.1) is 0 Å². The topological polar surface area (TPSA) is 38.5 Å². The molecule has 20 heavy (non-hydrogen) atoms. The van der Waals surface area contributed by atoms with E-state index in [2.05, 4.69) is 35.2 Å². The third kappa shape index (κ3) is 2.31. The van der Waals surface area contributed by atoms with Crippen molar-refractivity contribution in [3.05, 3.63) is 54.1 Å². The quantitative estimate of drug-likeness (QED) is 0.864. The Morgan fingerprint density at radius 1 is 1.15 bits per heavy atom. The van der Waals surface area contributed by atoms with Crippen LogP contribution in [0.15, 0.2) is 48.5 Å². The highest BCUT2D eigenvalue weighted by Crippen LogP contribution is 2.39. The lowest BCUT2D eigenvalue weighted by molar-refractivity contribution is 0.415. The van der Waals surface area contributed by atoms with Crippen LogP contribution in [0.25, 0.3) is 0 Å². The molecule has 1 unspecified atom stereocenters. The smallest absolute Gasteiger partial charge is 0.121 e. The molecule has 0 amide bonds. The summed E-state index contributed by atoms with van der Waals surface area (Å²) < 4.78 is 5.33. The number of rotatable bonds is 3. The zero-order valence-electron chi connectivity index (χ0n) is 11.8. The first-order valence-electron chi connectivity index (χ1n) is 7.04. The van der Waals surface area contributed by atoms with Crippen LogP contribution in [0.1, 0.15) is 24.4 Å². The molecule has 0 saturated carbocycles. The van der Waals surface area contributed by atoms with Crippen LogP contribution in [0.3, 0.4) is 0 Å². The Labute approximate surface area is 120 Å². The molecule has 0 aliphatic carbocycles. The van der Waals surface area contributed by atoms with Gasteiger partial charge in [-0.15, -0.1) is 0 Å². The van der Waals surface area contributed by atoms with Gasteiger partial charge in [-0.2, -0.15) is 0 Å². The van der Waals surface area contributed by atoms with Crippen molar-refractivity contribution < 1.29 is 4.74 Å². The summed E-state index contributed by atoms with van der Waals surface area (Å²) in [4.78, 5) is 2.40. The number of anilines is 2. The molecule has 2 N–H and O–H groups in total.